The highest BCUT2D eigenvalue weighted by atomic mass is 16.5. The van der Waals surface area contributed by atoms with Crippen LogP contribution in [0.1, 0.15) is 29.2 Å². The van der Waals surface area contributed by atoms with Crippen LogP contribution in [0.15, 0.2) is 48.8 Å². The first kappa shape index (κ1) is 16.8. The maximum Gasteiger partial charge on any atom is 0.262 e. The number of benzene rings is 2. The second kappa shape index (κ2) is 6.67. The Hall–Kier alpha value is -3.35. The van der Waals surface area contributed by atoms with Crippen LogP contribution in [0.4, 0.5) is 5.69 Å². The van der Waals surface area contributed by atoms with E-state index in [-0.39, 0.29) is 18.4 Å². The predicted molar refractivity (Wildman–Crippen MR) is 104 cm³/mol. The lowest BCUT2D eigenvalue weighted by atomic mass is 10.0. The Morgan fingerprint density at radius 2 is 1.96 bits per heavy atom. The molecule has 0 unspecified atom stereocenters. The third-order valence-electron chi connectivity index (χ3n) is 5.49. The van der Waals surface area contributed by atoms with Crippen molar-refractivity contribution >= 4 is 28.5 Å². The molecule has 2 aliphatic heterocycles. The van der Waals surface area contributed by atoms with E-state index in [0.29, 0.717) is 36.1 Å². The Morgan fingerprint density at radius 3 is 2.82 bits per heavy atom. The van der Waals surface area contributed by atoms with Crippen molar-refractivity contribution in [2.24, 2.45) is 0 Å². The van der Waals surface area contributed by atoms with Crippen LogP contribution in [0.3, 0.4) is 0 Å². The molecular weight excluding hydrogens is 356 g/mol. The lowest BCUT2D eigenvalue weighted by Crippen LogP contribution is -2.39. The molecule has 0 spiro atoms. The van der Waals surface area contributed by atoms with Crippen LogP contribution >= 0.6 is 0 Å². The summed E-state index contributed by atoms with van der Waals surface area (Å²) in [6.07, 6.45) is 3.67. The number of imidazole rings is 1. The fourth-order valence-electron chi connectivity index (χ4n) is 4.02. The molecule has 7 nitrogen and oxygen atoms in total. The van der Waals surface area contributed by atoms with Gasteiger partial charge in [0.15, 0.2) is 6.61 Å². The fraction of sp³-hybridized carbons (Fsp3) is 0.286. The minimum atomic E-state index is -0.203. The number of aromatic nitrogens is 2. The zero-order valence-corrected chi connectivity index (χ0v) is 15.3. The first-order valence-electron chi connectivity index (χ1n) is 9.46. The summed E-state index contributed by atoms with van der Waals surface area (Å²) in [5.41, 5.74) is 3.26. The van der Waals surface area contributed by atoms with Crippen LogP contribution < -0.4 is 10.1 Å². The minimum Gasteiger partial charge on any atom is -0.482 e. The van der Waals surface area contributed by atoms with Gasteiger partial charge in [-0.1, -0.05) is 12.1 Å². The van der Waals surface area contributed by atoms with Gasteiger partial charge in [-0.25, -0.2) is 4.98 Å². The minimum absolute atomic E-state index is 0.0107. The number of hydrogen-bond donors (Lipinski definition) is 1. The smallest absolute Gasteiger partial charge is 0.262 e. The summed E-state index contributed by atoms with van der Waals surface area (Å²) in [6, 6.07) is 13.7. The third kappa shape index (κ3) is 2.89. The molecule has 2 aromatic carbocycles. The number of ether oxygens (including phenoxy) is 1. The molecule has 28 heavy (non-hydrogen) atoms. The van der Waals surface area contributed by atoms with Crippen LogP contribution in [0.25, 0.3) is 11.0 Å². The van der Waals surface area contributed by atoms with E-state index < -0.39 is 0 Å². The van der Waals surface area contributed by atoms with Crippen molar-refractivity contribution in [1.82, 2.24) is 14.5 Å². The van der Waals surface area contributed by atoms with Crippen molar-refractivity contribution in [1.29, 1.82) is 0 Å². The number of amides is 2. The van der Waals surface area contributed by atoms with Crippen LogP contribution in [0, 0.1) is 0 Å². The van der Waals surface area contributed by atoms with Gasteiger partial charge in [0.1, 0.15) is 5.75 Å². The number of piperidine rings is 1. The first-order chi connectivity index (χ1) is 13.7. The van der Waals surface area contributed by atoms with E-state index in [4.69, 9.17) is 4.74 Å². The maximum absolute atomic E-state index is 12.9. The summed E-state index contributed by atoms with van der Waals surface area (Å²) in [6.45, 7) is 1.39. The monoisotopic (exact) mass is 376 g/mol. The number of para-hydroxylation sites is 2. The van der Waals surface area contributed by atoms with Gasteiger partial charge in [-0.3, -0.25) is 9.59 Å². The molecule has 1 saturated heterocycles. The van der Waals surface area contributed by atoms with E-state index >= 15 is 0 Å². The summed E-state index contributed by atoms with van der Waals surface area (Å²) < 4.78 is 7.59. The number of nitrogens with one attached hydrogen (secondary N) is 1. The molecule has 0 saturated carbocycles. The molecule has 0 radical (unpaired) electrons. The molecule has 1 fully saturated rings. The Morgan fingerprint density at radius 1 is 1.14 bits per heavy atom. The molecule has 142 valence electrons. The first-order valence-corrected chi connectivity index (χ1v) is 9.46. The number of nitrogens with zero attached hydrogens (tertiary/aromatic N) is 3. The van der Waals surface area contributed by atoms with Crippen LogP contribution in [0.2, 0.25) is 0 Å². The summed E-state index contributed by atoms with van der Waals surface area (Å²) in [7, 11) is 0. The summed E-state index contributed by atoms with van der Waals surface area (Å²) >= 11 is 0. The van der Waals surface area contributed by atoms with Gasteiger partial charge in [0, 0.05) is 24.7 Å². The lowest BCUT2D eigenvalue weighted by Gasteiger charge is -2.33. The molecule has 3 heterocycles. The third-order valence-corrected chi connectivity index (χ3v) is 5.49. The quantitative estimate of drug-likeness (QED) is 0.746. The second-order valence-corrected chi connectivity index (χ2v) is 7.21. The number of anilines is 1. The van der Waals surface area contributed by atoms with Gasteiger partial charge in [-0.05, 0) is 43.2 Å². The Labute approximate surface area is 161 Å². The number of fused-ring (bicyclic) bond motifs is 2. The molecule has 0 aliphatic carbocycles. The lowest BCUT2D eigenvalue weighted by molar-refractivity contribution is -0.118. The van der Waals surface area contributed by atoms with E-state index in [2.05, 4.69) is 20.9 Å². The zero-order chi connectivity index (χ0) is 19.1. The van der Waals surface area contributed by atoms with Gasteiger partial charge in [0.25, 0.3) is 11.8 Å². The average Bonchev–Trinajstić information content (AvgIpc) is 3.17. The highest BCUT2D eigenvalue weighted by Gasteiger charge is 2.26. The highest BCUT2D eigenvalue weighted by molar-refractivity contribution is 5.99. The van der Waals surface area contributed by atoms with Crippen molar-refractivity contribution in [3.63, 3.8) is 0 Å². The largest absolute Gasteiger partial charge is 0.482 e. The maximum atomic E-state index is 12.9. The van der Waals surface area contributed by atoms with E-state index in [1.165, 1.54) is 0 Å². The molecule has 0 atom stereocenters. The molecule has 1 N–H and O–H groups in total. The second-order valence-electron chi connectivity index (χ2n) is 7.21. The molecule has 5 rings (SSSR count). The van der Waals surface area contributed by atoms with Crippen LogP contribution in [0.5, 0.6) is 5.75 Å². The van der Waals surface area contributed by atoms with Crippen molar-refractivity contribution in [3.05, 3.63) is 54.4 Å². The van der Waals surface area contributed by atoms with Gasteiger partial charge in [-0.2, -0.15) is 0 Å². The van der Waals surface area contributed by atoms with Gasteiger partial charge >= 0.3 is 0 Å². The van der Waals surface area contributed by atoms with E-state index in [1.54, 1.807) is 18.2 Å². The number of carbonyl (C=O) groups excluding carboxylic acids is 2. The molecule has 2 amide bonds. The van der Waals surface area contributed by atoms with Crippen LogP contribution in [-0.4, -0.2) is 46.0 Å². The predicted octanol–water partition coefficient (Wildman–Crippen LogP) is 2.84. The van der Waals surface area contributed by atoms with E-state index in [1.807, 2.05) is 29.4 Å². The number of carbonyl (C=O) groups is 2. The Bertz CT molecular complexity index is 1070. The van der Waals surface area contributed by atoms with Gasteiger partial charge in [-0.15, -0.1) is 0 Å². The standard InChI is InChI=1S/C21H20N4O3/c26-20-12-28-19-6-5-14(11-17(19)23-20)21(27)24-9-7-15(8-10-24)25-13-22-16-3-1-2-4-18(16)25/h1-6,11,13,15H,7-10,12H2,(H,23,26). The van der Waals surface area contributed by atoms with Crippen molar-refractivity contribution in [3.8, 4) is 5.75 Å². The molecule has 0 bridgehead atoms. The molecule has 7 heteroatoms. The topological polar surface area (TPSA) is 76.5 Å². The van der Waals surface area contributed by atoms with Crippen LogP contribution in [-0.2, 0) is 4.79 Å². The molecular formula is C21H20N4O3. The van der Waals surface area contributed by atoms with E-state index in [9.17, 15) is 9.59 Å². The van der Waals surface area contributed by atoms with Crippen molar-refractivity contribution in [2.45, 2.75) is 18.9 Å². The van der Waals surface area contributed by atoms with Crippen molar-refractivity contribution < 1.29 is 14.3 Å². The SMILES string of the molecule is O=C1COc2ccc(C(=O)N3CCC(n4cnc5ccccc54)CC3)cc2N1. The van der Waals surface area contributed by atoms with Crippen molar-refractivity contribution in [2.75, 3.05) is 25.0 Å². The van der Waals surface area contributed by atoms with Gasteiger partial charge in [0.05, 0.1) is 23.0 Å². The summed E-state index contributed by atoms with van der Waals surface area (Å²) in [5, 5.41) is 2.76. The molecule has 2 aliphatic rings. The number of likely N-dealkylation sites (tertiary alicyclic amines) is 1. The fourth-order valence-corrected chi connectivity index (χ4v) is 4.02. The number of hydrogen-bond acceptors (Lipinski definition) is 4. The summed E-state index contributed by atoms with van der Waals surface area (Å²) in [5.74, 6) is 0.379. The van der Waals surface area contributed by atoms with E-state index in [0.717, 1.165) is 23.9 Å². The Kier molecular flexibility index (Phi) is 4.00. The number of rotatable bonds is 2. The summed E-state index contributed by atoms with van der Waals surface area (Å²) in [4.78, 5) is 30.8. The van der Waals surface area contributed by atoms with Gasteiger partial charge in [0.2, 0.25) is 0 Å². The Balaban J connectivity index is 1.30. The molecule has 3 aromatic rings. The zero-order valence-electron chi connectivity index (χ0n) is 15.3. The van der Waals surface area contributed by atoms with Gasteiger partial charge < -0.3 is 19.5 Å². The normalized spacial score (nSPS) is 17.1. The molecule has 1 aromatic heterocycles. The highest BCUT2D eigenvalue weighted by Crippen LogP contribution is 2.31. The average molecular weight is 376 g/mol.